The number of fused-ring (bicyclic) bond motifs is 2. The highest BCUT2D eigenvalue weighted by Crippen LogP contribution is 2.34. The van der Waals surface area contributed by atoms with Gasteiger partial charge in [-0.15, -0.1) is 12.6 Å². The van der Waals surface area contributed by atoms with Crippen LogP contribution in [0.25, 0.3) is 22.1 Å². The second-order valence-corrected chi connectivity index (χ2v) is 9.49. The van der Waals surface area contributed by atoms with Crippen LogP contribution in [0.2, 0.25) is 15.2 Å². The van der Waals surface area contributed by atoms with Crippen LogP contribution in [0.3, 0.4) is 0 Å². The molecule has 0 aliphatic rings. The normalized spacial score (nSPS) is 10.4. The van der Waals surface area contributed by atoms with Crippen LogP contribution < -0.4 is 0 Å². The number of nitrogens with one attached hydrogen (secondary N) is 2. The Hall–Kier alpha value is -2.75. The van der Waals surface area contributed by atoms with E-state index in [1.54, 1.807) is 24.3 Å². The number of thiol groups is 1. The van der Waals surface area contributed by atoms with Crippen molar-refractivity contribution in [3.63, 3.8) is 0 Å². The number of rotatable bonds is 2. The zero-order valence-electron chi connectivity index (χ0n) is 17.9. The number of halogens is 3. The Morgan fingerprint density at radius 3 is 1.89 bits per heavy atom. The zero-order chi connectivity index (χ0) is 24.6. The largest absolute Gasteiger partial charge is 0.346 e. The predicted molar refractivity (Wildman–Crippen MR) is 147 cm³/mol. The number of aromatic amines is 2. The molecule has 35 heavy (non-hydrogen) atoms. The molecule has 4 heterocycles. The third-order valence-electron chi connectivity index (χ3n) is 4.52. The molecule has 0 amide bonds. The van der Waals surface area contributed by atoms with Crippen LogP contribution in [-0.2, 0) is 0 Å². The maximum atomic E-state index is 6.13. The summed E-state index contributed by atoms with van der Waals surface area (Å²) < 4.78 is 0. The number of nitrogens with zero attached hydrogens (tertiary/aromatic N) is 4. The fourth-order valence-electron chi connectivity index (χ4n) is 2.85. The van der Waals surface area contributed by atoms with Gasteiger partial charge in [0, 0.05) is 22.2 Å². The van der Waals surface area contributed by atoms with Crippen molar-refractivity contribution >= 4 is 81.3 Å². The van der Waals surface area contributed by atoms with Gasteiger partial charge >= 0.3 is 0 Å². The monoisotopic (exact) mass is 558 g/mol. The molecule has 2 aromatic carbocycles. The van der Waals surface area contributed by atoms with Crippen LogP contribution in [0.1, 0.15) is 0 Å². The molecule has 176 valence electrons. The quantitative estimate of drug-likeness (QED) is 0.148. The smallest absolute Gasteiger partial charge is 0.142 e. The molecule has 0 unspecified atom stereocenters. The van der Waals surface area contributed by atoms with E-state index < -0.39 is 0 Å². The highest BCUT2D eigenvalue weighted by atomic mass is 35.5. The van der Waals surface area contributed by atoms with Crippen molar-refractivity contribution in [3.8, 4) is 0 Å². The van der Waals surface area contributed by atoms with Gasteiger partial charge in [0.1, 0.15) is 34.1 Å². The van der Waals surface area contributed by atoms with Gasteiger partial charge in [-0.05, 0) is 36.4 Å². The summed E-state index contributed by atoms with van der Waals surface area (Å²) >= 11 is 23.1. The summed E-state index contributed by atoms with van der Waals surface area (Å²) in [5, 5.41) is 4.72. The maximum Gasteiger partial charge on any atom is 0.142 e. The Kier molecular flexibility index (Phi) is 8.90. The summed E-state index contributed by atoms with van der Waals surface area (Å²) in [6, 6.07) is 19.0. The van der Waals surface area contributed by atoms with Gasteiger partial charge in [-0.25, -0.2) is 19.9 Å². The van der Waals surface area contributed by atoms with Crippen molar-refractivity contribution in [1.82, 2.24) is 29.9 Å². The summed E-state index contributed by atoms with van der Waals surface area (Å²) in [5.74, 6) is 0. The van der Waals surface area contributed by atoms with Crippen LogP contribution in [-0.4, -0.2) is 29.9 Å². The first-order chi connectivity index (χ1) is 17.0. The molecule has 0 atom stereocenters. The van der Waals surface area contributed by atoms with E-state index in [1.165, 1.54) is 6.33 Å². The summed E-state index contributed by atoms with van der Waals surface area (Å²) in [7, 11) is 0. The van der Waals surface area contributed by atoms with Crippen molar-refractivity contribution in [2.24, 2.45) is 0 Å². The molecule has 2 N–H and O–H groups in total. The highest BCUT2D eigenvalue weighted by Gasteiger charge is 2.08. The van der Waals surface area contributed by atoms with Gasteiger partial charge in [0.15, 0.2) is 0 Å². The van der Waals surface area contributed by atoms with Crippen LogP contribution >= 0.6 is 59.2 Å². The highest BCUT2D eigenvalue weighted by molar-refractivity contribution is 7.99. The average molecular weight is 560 g/mol. The van der Waals surface area contributed by atoms with Gasteiger partial charge in [0.2, 0.25) is 0 Å². The first-order valence-electron chi connectivity index (χ1n) is 10.1. The molecular weight excluding hydrogens is 543 g/mol. The van der Waals surface area contributed by atoms with E-state index in [9.17, 15) is 0 Å². The van der Waals surface area contributed by atoms with E-state index in [-0.39, 0.29) is 0 Å². The maximum absolute atomic E-state index is 6.13. The summed E-state index contributed by atoms with van der Waals surface area (Å²) in [5.41, 5.74) is 1.62. The first kappa shape index (κ1) is 25.3. The lowest BCUT2D eigenvalue weighted by Gasteiger charge is -2.03. The second-order valence-electron chi connectivity index (χ2n) is 6.81. The second kappa shape index (κ2) is 12.3. The Morgan fingerprint density at radius 1 is 0.657 bits per heavy atom. The zero-order valence-corrected chi connectivity index (χ0v) is 21.8. The Balaban J connectivity index is 0.000000136. The average Bonchev–Trinajstić information content (AvgIpc) is 3.54. The fraction of sp³-hybridized carbons (Fsp3) is 0. The lowest BCUT2D eigenvalue weighted by atomic mass is 10.4. The molecule has 0 bridgehead atoms. The molecule has 0 radical (unpaired) electrons. The van der Waals surface area contributed by atoms with Crippen molar-refractivity contribution in [1.29, 1.82) is 0 Å². The molecule has 0 aliphatic heterocycles. The minimum Gasteiger partial charge on any atom is -0.346 e. The minimum atomic E-state index is 0.492. The third kappa shape index (κ3) is 6.68. The summed E-state index contributed by atoms with van der Waals surface area (Å²) in [4.78, 5) is 24.0. The SMILES string of the molecule is Clc1ccccc1Sc1ncnc2[nH]ccc12.Clc1ncnc2[nH]ccc12.Sc1ccccc1Cl. The van der Waals surface area contributed by atoms with E-state index in [4.69, 9.17) is 34.8 Å². The summed E-state index contributed by atoms with van der Waals surface area (Å²) in [6.07, 6.45) is 6.63. The first-order valence-corrected chi connectivity index (χ1v) is 12.5. The topological polar surface area (TPSA) is 83.1 Å². The molecule has 6 nitrogen and oxygen atoms in total. The molecule has 6 aromatic rings. The van der Waals surface area contributed by atoms with Crippen molar-refractivity contribution < 1.29 is 0 Å². The number of benzene rings is 2. The van der Waals surface area contributed by atoms with E-state index in [2.05, 4.69) is 42.5 Å². The summed E-state index contributed by atoms with van der Waals surface area (Å²) in [6.45, 7) is 0. The molecular formula is C24H17Cl3N6S2. The molecule has 0 saturated carbocycles. The third-order valence-corrected chi connectivity index (χ3v) is 7.21. The molecule has 6 rings (SSSR count). The minimum absolute atomic E-state index is 0.492. The van der Waals surface area contributed by atoms with Gasteiger partial charge < -0.3 is 9.97 Å². The van der Waals surface area contributed by atoms with E-state index >= 15 is 0 Å². The fourth-order valence-corrected chi connectivity index (χ4v) is 4.49. The van der Waals surface area contributed by atoms with Crippen LogP contribution in [0.15, 0.2) is 101 Å². The number of aromatic nitrogens is 6. The Morgan fingerprint density at radius 2 is 1.26 bits per heavy atom. The van der Waals surface area contributed by atoms with Gasteiger partial charge in [-0.3, -0.25) is 0 Å². The van der Waals surface area contributed by atoms with E-state index in [0.717, 1.165) is 41.9 Å². The van der Waals surface area contributed by atoms with E-state index in [1.807, 2.05) is 66.9 Å². The van der Waals surface area contributed by atoms with Crippen LogP contribution in [0, 0.1) is 0 Å². The lowest BCUT2D eigenvalue weighted by molar-refractivity contribution is 1.09. The lowest BCUT2D eigenvalue weighted by Crippen LogP contribution is -1.84. The molecule has 0 fully saturated rings. The number of hydrogen-bond donors (Lipinski definition) is 3. The standard InChI is InChI=1S/C12H8ClN3S.C6H4ClN3.C6H5ClS/c13-9-3-1-2-4-10(9)17-12-8-5-6-14-11(8)15-7-16-12;7-5-4-1-2-8-6(4)10-3-9-5;7-5-3-1-2-4-6(5)8/h1-7H,(H,14,15,16);1-3H,(H,8,9,10);1-4,8H. The van der Waals surface area contributed by atoms with E-state index in [0.29, 0.717) is 10.2 Å². The van der Waals surface area contributed by atoms with Gasteiger partial charge in [-0.1, -0.05) is 70.8 Å². The van der Waals surface area contributed by atoms with Crippen LogP contribution in [0.4, 0.5) is 0 Å². The van der Waals surface area contributed by atoms with Gasteiger partial charge in [-0.2, -0.15) is 0 Å². The predicted octanol–water partition coefficient (Wildman–Crippen LogP) is 8.00. The van der Waals surface area contributed by atoms with Crippen molar-refractivity contribution in [2.75, 3.05) is 0 Å². The molecule has 0 saturated heterocycles. The Labute approximate surface area is 225 Å². The Bertz CT molecular complexity index is 1530. The van der Waals surface area contributed by atoms with Gasteiger partial charge in [0.25, 0.3) is 0 Å². The van der Waals surface area contributed by atoms with Crippen molar-refractivity contribution in [2.45, 2.75) is 14.8 Å². The molecule has 4 aromatic heterocycles. The molecule has 11 heteroatoms. The van der Waals surface area contributed by atoms with Crippen LogP contribution in [0.5, 0.6) is 0 Å². The molecule has 0 spiro atoms. The van der Waals surface area contributed by atoms with Gasteiger partial charge in [0.05, 0.1) is 20.8 Å². The number of hydrogen-bond acceptors (Lipinski definition) is 6. The van der Waals surface area contributed by atoms with Crippen molar-refractivity contribution in [3.05, 3.63) is 101 Å². The molecule has 0 aliphatic carbocycles. The number of H-pyrrole nitrogens is 2.